The van der Waals surface area contributed by atoms with Crippen LogP contribution in [-0.2, 0) is 16.4 Å². The van der Waals surface area contributed by atoms with Crippen molar-refractivity contribution in [2.45, 2.75) is 43.4 Å². The molecule has 0 aliphatic carbocycles. The van der Waals surface area contributed by atoms with Gasteiger partial charge in [0.05, 0.1) is 9.95 Å². The summed E-state index contributed by atoms with van der Waals surface area (Å²) in [7, 11) is -3.82. The average Bonchev–Trinajstić information content (AvgIpc) is 3.08. The molecule has 1 saturated heterocycles. The van der Waals surface area contributed by atoms with Gasteiger partial charge in [0.15, 0.2) is 0 Å². The number of carbonyl (C=O) groups excluding carboxylic acids is 1. The predicted molar refractivity (Wildman–Crippen MR) is 122 cm³/mol. The summed E-state index contributed by atoms with van der Waals surface area (Å²) in [6.45, 7) is 1.32. The number of hydrogen-bond donors (Lipinski definition) is 0. The predicted octanol–water partition coefficient (Wildman–Crippen LogP) is 4.41. The van der Waals surface area contributed by atoms with Gasteiger partial charge in [-0.2, -0.15) is 4.31 Å². The highest BCUT2D eigenvalue weighted by atomic mass is 35.5. The largest absolute Gasteiger partial charge is 0.308 e. The van der Waals surface area contributed by atoms with Crippen molar-refractivity contribution < 1.29 is 18.1 Å². The van der Waals surface area contributed by atoms with Crippen LogP contribution >= 0.6 is 11.6 Å². The lowest BCUT2D eigenvalue weighted by molar-refractivity contribution is -0.384. The Bertz CT molecular complexity index is 1160. The van der Waals surface area contributed by atoms with Crippen molar-refractivity contribution in [2.75, 3.05) is 24.5 Å². The molecule has 0 bridgehead atoms. The number of nitro benzene ring substituents is 1. The second-order valence-electron chi connectivity index (χ2n) is 8.09. The standard InChI is InChI=1S/C22H24ClN3O5S/c23-19-9-7-17(15-21(19)32(30,31)24-11-3-1-2-4-12-24)22(27)25-13-5-6-16-14-18(26(28)29)8-10-20(16)25/h7-10,14-15H,1-6,11-13H2. The molecule has 2 aliphatic rings. The Morgan fingerprint density at radius 1 is 0.969 bits per heavy atom. The number of amides is 1. The van der Waals surface area contributed by atoms with Crippen molar-refractivity contribution in [1.29, 1.82) is 0 Å². The molecule has 0 radical (unpaired) electrons. The van der Waals surface area contributed by atoms with E-state index >= 15 is 0 Å². The van der Waals surface area contributed by atoms with E-state index in [4.69, 9.17) is 11.6 Å². The second kappa shape index (κ2) is 9.17. The zero-order valence-corrected chi connectivity index (χ0v) is 19.1. The highest BCUT2D eigenvalue weighted by molar-refractivity contribution is 7.89. The van der Waals surface area contributed by atoms with Crippen LogP contribution in [0.2, 0.25) is 5.02 Å². The van der Waals surface area contributed by atoms with Gasteiger partial charge in [-0.25, -0.2) is 8.42 Å². The van der Waals surface area contributed by atoms with Crippen LogP contribution in [0.15, 0.2) is 41.3 Å². The maximum Gasteiger partial charge on any atom is 0.269 e. The summed E-state index contributed by atoms with van der Waals surface area (Å²) in [6, 6.07) is 8.76. The van der Waals surface area contributed by atoms with E-state index < -0.39 is 14.9 Å². The lowest BCUT2D eigenvalue weighted by Crippen LogP contribution is -2.36. The first-order valence-corrected chi connectivity index (χ1v) is 12.5. The summed E-state index contributed by atoms with van der Waals surface area (Å²) < 4.78 is 28.0. The molecular weight excluding hydrogens is 454 g/mol. The zero-order valence-electron chi connectivity index (χ0n) is 17.5. The van der Waals surface area contributed by atoms with Gasteiger partial charge in [-0.15, -0.1) is 0 Å². The van der Waals surface area contributed by atoms with Gasteiger partial charge < -0.3 is 4.90 Å². The molecule has 32 heavy (non-hydrogen) atoms. The van der Waals surface area contributed by atoms with Crippen molar-refractivity contribution in [3.05, 3.63) is 62.7 Å². The monoisotopic (exact) mass is 477 g/mol. The number of benzene rings is 2. The SMILES string of the molecule is O=C(c1ccc(Cl)c(S(=O)(=O)N2CCCCCC2)c1)N1CCCc2cc([N+](=O)[O-])ccc21. The molecule has 0 saturated carbocycles. The summed E-state index contributed by atoms with van der Waals surface area (Å²) >= 11 is 6.26. The molecule has 2 aliphatic heterocycles. The quantitative estimate of drug-likeness (QED) is 0.479. The van der Waals surface area contributed by atoms with Crippen LogP contribution in [0.3, 0.4) is 0 Å². The van der Waals surface area contributed by atoms with Gasteiger partial charge in [0, 0.05) is 43.0 Å². The van der Waals surface area contributed by atoms with E-state index in [1.807, 2.05) is 0 Å². The number of non-ortho nitro benzene ring substituents is 1. The smallest absolute Gasteiger partial charge is 0.269 e. The van der Waals surface area contributed by atoms with E-state index in [1.165, 1.54) is 34.6 Å². The van der Waals surface area contributed by atoms with Crippen LogP contribution in [0.4, 0.5) is 11.4 Å². The summed E-state index contributed by atoms with van der Waals surface area (Å²) in [5.41, 5.74) is 1.54. The lowest BCUT2D eigenvalue weighted by Gasteiger charge is -2.29. The van der Waals surface area contributed by atoms with Crippen molar-refractivity contribution in [2.24, 2.45) is 0 Å². The summed E-state index contributed by atoms with van der Waals surface area (Å²) in [6.07, 6.45) is 4.87. The Morgan fingerprint density at radius 3 is 2.38 bits per heavy atom. The molecule has 1 amide bonds. The Balaban J connectivity index is 1.67. The molecule has 4 rings (SSSR count). The number of nitrogens with zero attached hydrogens (tertiary/aromatic N) is 3. The van der Waals surface area contributed by atoms with Crippen molar-refractivity contribution in [3.63, 3.8) is 0 Å². The van der Waals surface area contributed by atoms with Crippen LogP contribution in [0.1, 0.15) is 48.0 Å². The summed E-state index contributed by atoms with van der Waals surface area (Å²) in [5, 5.41) is 11.2. The van der Waals surface area contributed by atoms with E-state index in [1.54, 1.807) is 11.0 Å². The first kappa shape index (κ1) is 22.7. The number of fused-ring (bicyclic) bond motifs is 1. The third-order valence-corrected chi connectivity index (χ3v) is 8.38. The Kier molecular flexibility index (Phi) is 6.50. The fourth-order valence-electron chi connectivity index (χ4n) is 4.32. The molecule has 0 unspecified atom stereocenters. The van der Waals surface area contributed by atoms with Gasteiger partial charge in [-0.05, 0) is 55.5 Å². The third kappa shape index (κ3) is 4.37. The van der Waals surface area contributed by atoms with Gasteiger partial charge in [-0.3, -0.25) is 14.9 Å². The number of carbonyl (C=O) groups is 1. The molecule has 170 valence electrons. The topological polar surface area (TPSA) is 101 Å². The van der Waals surface area contributed by atoms with Crippen LogP contribution in [0, 0.1) is 10.1 Å². The van der Waals surface area contributed by atoms with Gasteiger partial charge in [0.1, 0.15) is 4.90 Å². The molecule has 2 aromatic carbocycles. The molecule has 2 aromatic rings. The van der Waals surface area contributed by atoms with Gasteiger partial charge >= 0.3 is 0 Å². The van der Waals surface area contributed by atoms with E-state index in [0.29, 0.717) is 38.2 Å². The Labute approximate surface area is 192 Å². The number of nitro groups is 1. The number of rotatable bonds is 4. The number of hydrogen-bond acceptors (Lipinski definition) is 5. The zero-order chi connectivity index (χ0) is 22.9. The highest BCUT2D eigenvalue weighted by Gasteiger charge is 2.30. The first-order valence-electron chi connectivity index (χ1n) is 10.7. The molecule has 0 spiro atoms. The molecule has 0 aromatic heterocycles. The van der Waals surface area contributed by atoms with E-state index in [9.17, 15) is 23.3 Å². The molecule has 1 fully saturated rings. The van der Waals surface area contributed by atoms with Crippen LogP contribution in [0.25, 0.3) is 0 Å². The average molecular weight is 478 g/mol. The minimum absolute atomic E-state index is 0.0182. The van der Waals surface area contributed by atoms with E-state index in [0.717, 1.165) is 31.2 Å². The Morgan fingerprint density at radius 2 is 1.69 bits per heavy atom. The van der Waals surface area contributed by atoms with Crippen LogP contribution < -0.4 is 4.90 Å². The van der Waals surface area contributed by atoms with Crippen molar-refractivity contribution >= 4 is 38.9 Å². The number of halogens is 1. The number of aryl methyl sites for hydroxylation is 1. The lowest BCUT2D eigenvalue weighted by atomic mass is 10.00. The van der Waals surface area contributed by atoms with Crippen LogP contribution in [0.5, 0.6) is 0 Å². The number of anilines is 1. The van der Waals surface area contributed by atoms with Crippen LogP contribution in [-0.4, -0.2) is 43.2 Å². The minimum atomic E-state index is -3.82. The van der Waals surface area contributed by atoms with Crippen molar-refractivity contribution in [3.8, 4) is 0 Å². The number of sulfonamides is 1. The van der Waals surface area contributed by atoms with Gasteiger partial charge in [0.2, 0.25) is 10.0 Å². The molecule has 2 heterocycles. The highest BCUT2D eigenvalue weighted by Crippen LogP contribution is 2.33. The fraction of sp³-hybridized carbons (Fsp3) is 0.409. The molecular formula is C22H24ClN3O5S. The second-order valence-corrected chi connectivity index (χ2v) is 10.4. The van der Waals surface area contributed by atoms with Gasteiger partial charge in [0.25, 0.3) is 11.6 Å². The molecule has 10 heteroatoms. The summed E-state index contributed by atoms with van der Waals surface area (Å²) in [4.78, 5) is 25.5. The summed E-state index contributed by atoms with van der Waals surface area (Å²) in [5.74, 6) is -0.358. The first-order chi connectivity index (χ1) is 15.3. The normalized spacial score (nSPS) is 17.5. The molecule has 0 N–H and O–H groups in total. The van der Waals surface area contributed by atoms with E-state index in [-0.39, 0.29) is 27.1 Å². The maximum absolute atomic E-state index is 13.3. The van der Waals surface area contributed by atoms with Crippen molar-refractivity contribution in [1.82, 2.24) is 4.31 Å². The third-order valence-electron chi connectivity index (χ3n) is 6.00. The molecule has 8 nitrogen and oxygen atoms in total. The fourth-order valence-corrected chi connectivity index (χ4v) is 6.34. The van der Waals surface area contributed by atoms with E-state index in [2.05, 4.69) is 0 Å². The van der Waals surface area contributed by atoms with Gasteiger partial charge in [-0.1, -0.05) is 24.4 Å². The maximum atomic E-state index is 13.3. The molecule has 0 atom stereocenters. The minimum Gasteiger partial charge on any atom is -0.308 e. The Hall–Kier alpha value is -2.49.